The first-order valence-electron chi connectivity index (χ1n) is 12.4. The van der Waals surface area contributed by atoms with Gasteiger partial charge in [0, 0.05) is 37.5 Å². The number of thiazole rings is 1. The largest absolute Gasteiger partial charge is 0.493 e. The minimum absolute atomic E-state index is 0.00911. The highest BCUT2D eigenvalue weighted by Gasteiger charge is 2.30. The van der Waals surface area contributed by atoms with Crippen molar-refractivity contribution in [2.24, 2.45) is 0 Å². The average molecular weight is 522 g/mol. The van der Waals surface area contributed by atoms with Gasteiger partial charge in [0.1, 0.15) is 5.69 Å². The SMILES string of the molecule is COc1ccc(C(=O)N2CCC(c3nc(C(=O)N4CCc5ccccc5C4)cs3)CC2)c(OC)c1OC. The molecule has 2 amide bonds. The standard InChI is InChI=1S/C28H31N3O5S/c1-34-23-9-8-21(24(35-2)25(23)36-3)27(32)30-13-11-19(12-14-30)26-29-22(17-37-26)28(33)31-15-10-18-6-4-5-7-20(18)16-31/h4-9,17,19H,10-16H2,1-3H3. The zero-order valence-corrected chi connectivity index (χ0v) is 22.2. The van der Waals surface area contributed by atoms with Gasteiger partial charge in [-0.2, -0.15) is 0 Å². The topological polar surface area (TPSA) is 81.2 Å². The average Bonchev–Trinajstić information content (AvgIpc) is 3.45. The van der Waals surface area contributed by atoms with Crippen molar-refractivity contribution < 1.29 is 23.8 Å². The monoisotopic (exact) mass is 521 g/mol. The molecule has 2 aromatic carbocycles. The fraction of sp³-hybridized carbons (Fsp3) is 0.393. The van der Waals surface area contributed by atoms with Crippen molar-refractivity contribution in [3.63, 3.8) is 0 Å². The number of aromatic nitrogens is 1. The molecule has 0 unspecified atom stereocenters. The Kier molecular flexibility index (Phi) is 7.32. The number of methoxy groups -OCH3 is 3. The maximum atomic E-state index is 13.3. The summed E-state index contributed by atoms with van der Waals surface area (Å²) in [6.45, 7) is 2.55. The number of carbonyl (C=O) groups excluding carboxylic acids is 2. The number of carbonyl (C=O) groups is 2. The highest BCUT2D eigenvalue weighted by atomic mass is 32.1. The minimum atomic E-state index is -0.100. The summed E-state index contributed by atoms with van der Waals surface area (Å²) in [4.78, 5) is 34.9. The third-order valence-corrected chi connectivity index (χ3v) is 8.23. The van der Waals surface area contributed by atoms with Crippen LogP contribution in [0.2, 0.25) is 0 Å². The van der Waals surface area contributed by atoms with E-state index in [-0.39, 0.29) is 17.7 Å². The Hall–Kier alpha value is -3.59. The van der Waals surface area contributed by atoms with Crippen LogP contribution in [0.15, 0.2) is 41.8 Å². The second-order valence-electron chi connectivity index (χ2n) is 9.26. The van der Waals surface area contributed by atoms with Crippen LogP contribution in [0.25, 0.3) is 0 Å². The first kappa shape index (κ1) is 25.1. The number of ether oxygens (including phenoxy) is 3. The first-order valence-corrected chi connectivity index (χ1v) is 13.3. The lowest BCUT2D eigenvalue weighted by Gasteiger charge is -2.31. The molecule has 3 heterocycles. The van der Waals surface area contributed by atoms with Gasteiger partial charge in [0.2, 0.25) is 5.75 Å². The number of likely N-dealkylation sites (tertiary alicyclic amines) is 1. The van der Waals surface area contributed by atoms with Gasteiger partial charge in [0.05, 0.1) is 31.9 Å². The van der Waals surface area contributed by atoms with E-state index in [9.17, 15) is 9.59 Å². The molecule has 37 heavy (non-hydrogen) atoms. The van der Waals surface area contributed by atoms with E-state index >= 15 is 0 Å². The molecule has 0 atom stereocenters. The van der Waals surface area contributed by atoms with Crippen LogP contribution in [0.4, 0.5) is 0 Å². The van der Waals surface area contributed by atoms with Crippen LogP contribution in [-0.2, 0) is 13.0 Å². The van der Waals surface area contributed by atoms with E-state index < -0.39 is 0 Å². The molecule has 0 bridgehead atoms. The molecule has 0 saturated carbocycles. The Morgan fingerprint density at radius 3 is 2.30 bits per heavy atom. The summed E-state index contributed by atoms with van der Waals surface area (Å²) in [6.07, 6.45) is 2.45. The molecule has 9 heteroatoms. The molecular formula is C28H31N3O5S. The predicted octanol–water partition coefficient (Wildman–Crippen LogP) is 4.39. The van der Waals surface area contributed by atoms with Crippen LogP contribution in [0, 0.1) is 0 Å². The van der Waals surface area contributed by atoms with Gasteiger partial charge in [-0.3, -0.25) is 9.59 Å². The van der Waals surface area contributed by atoms with Crippen molar-refractivity contribution in [2.45, 2.75) is 31.7 Å². The Bertz CT molecular complexity index is 1300. The zero-order chi connectivity index (χ0) is 25.9. The van der Waals surface area contributed by atoms with Gasteiger partial charge >= 0.3 is 0 Å². The first-order chi connectivity index (χ1) is 18.0. The second-order valence-corrected chi connectivity index (χ2v) is 10.2. The van der Waals surface area contributed by atoms with Crippen LogP contribution in [0.3, 0.4) is 0 Å². The number of hydrogen-bond acceptors (Lipinski definition) is 7. The lowest BCUT2D eigenvalue weighted by Crippen LogP contribution is -2.38. The molecule has 0 radical (unpaired) electrons. The van der Waals surface area contributed by atoms with Gasteiger partial charge in [0.15, 0.2) is 11.5 Å². The van der Waals surface area contributed by atoms with E-state index in [2.05, 4.69) is 12.1 Å². The summed E-state index contributed by atoms with van der Waals surface area (Å²) < 4.78 is 16.3. The van der Waals surface area contributed by atoms with Crippen molar-refractivity contribution in [1.82, 2.24) is 14.8 Å². The molecule has 8 nitrogen and oxygen atoms in total. The fourth-order valence-electron chi connectivity index (χ4n) is 5.17. The Labute approximate surface area is 220 Å². The smallest absolute Gasteiger partial charge is 0.273 e. The molecule has 3 aromatic rings. The quantitative estimate of drug-likeness (QED) is 0.479. The maximum absolute atomic E-state index is 13.3. The molecular weight excluding hydrogens is 490 g/mol. The number of hydrogen-bond donors (Lipinski definition) is 0. The highest BCUT2D eigenvalue weighted by molar-refractivity contribution is 7.09. The van der Waals surface area contributed by atoms with Gasteiger partial charge in [-0.25, -0.2) is 4.98 Å². The molecule has 1 saturated heterocycles. The van der Waals surface area contributed by atoms with E-state index in [0.29, 0.717) is 54.7 Å². The number of rotatable bonds is 6. The van der Waals surface area contributed by atoms with Gasteiger partial charge in [-0.1, -0.05) is 24.3 Å². The van der Waals surface area contributed by atoms with E-state index in [1.807, 2.05) is 27.3 Å². The number of benzene rings is 2. The summed E-state index contributed by atoms with van der Waals surface area (Å²) in [5.74, 6) is 1.41. The molecule has 2 aliphatic heterocycles. The van der Waals surface area contributed by atoms with Crippen LogP contribution in [0.1, 0.15) is 55.7 Å². The molecule has 0 N–H and O–H groups in total. The zero-order valence-electron chi connectivity index (χ0n) is 21.4. The van der Waals surface area contributed by atoms with Gasteiger partial charge in [0.25, 0.3) is 11.8 Å². The van der Waals surface area contributed by atoms with E-state index in [4.69, 9.17) is 19.2 Å². The normalized spacial score (nSPS) is 15.8. The number of amides is 2. The van der Waals surface area contributed by atoms with E-state index in [1.54, 1.807) is 30.6 Å². The predicted molar refractivity (Wildman–Crippen MR) is 141 cm³/mol. The minimum Gasteiger partial charge on any atom is -0.493 e. The Balaban J connectivity index is 1.23. The third-order valence-electron chi connectivity index (χ3n) is 7.22. The summed E-state index contributed by atoms with van der Waals surface area (Å²) in [5.41, 5.74) is 3.50. The van der Waals surface area contributed by atoms with Crippen molar-refractivity contribution in [2.75, 3.05) is 41.0 Å². The van der Waals surface area contributed by atoms with Crippen molar-refractivity contribution >= 4 is 23.2 Å². The summed E-state index contributed by atoms with van der Waals surface area (Å²) in [6, 6.07) is 11.7. The fourth-order valence-corrected chi connectivity index (χ4v) is 6.14. The van der Waals surface area contributed by atoms with Crippen LogP contribution in [0.5, 0.6) is 17.2 Å². The molecule has 5 rings (SSSR count). The maximum Gasteiger partial charge on any atom is 0.273 e. The number of piperidine rings is 1. The summed E-state index contributed by atoms with van der Waals surface area (Å²) >= 11 is 1.54. The Morgan fingerprint density at radius 1 is 0.865 bits per heavy atom. The molecule has 1 aromatic heterocycles. The lowest BCUT2D eigenvalue weighted by molar-refractivity contribution is 0.0708. The van der Waals surface area contributed by atoms with Crippen LogP contribution < -0.4 is 14.2 Å². The lowest BCUT2D eigenvalue weighted by atomic mass is 9.96. The van der Waals surface area contributed by atoms with Crippen molar-refractivity contribution in [3.05, 3.63) is 69.2 Å². The molecule has 0 spiro atoms. The second kappa shape index (κ2) is 10.8. The van der Waals surface area contributed by atoms with Crippen molar-refractivity contribution in [1.29, 1.82) is 0 Å². The van der Waals surface area contributed by atoms with E-state index in [0.717, 1.165) is 24.3 Å². The molecule has 194 valence electrons. The number of fused-ring (bicyclic) bond motifs is 1. The molecule has 2 aliphatic rings. The van der Waals surface area contributed by atoms with Crippen LogP contribution in [-0.4, -0.2) is 67.6 Å². The van der Waals surface area contributed by atoms with Gasteiger partial charge < -0.3 is 24.0 Å². The number of nitrogens with zero attached hydrogens (tertiary/aromatic N) is 3. The van der Waals surface area contributed by atoms with Gasteiger partial charge in [-0.05, 0) is 42.5 Å². The highest BCUT2D eigenvalue weighted by Crippen LogP contribution is 2.41. The van der Waals surface area contributed by atoms with Gasteiger partial charge in [-0.15, -0.1) is 11.3 Å². The van der Waals surface area contributed by atoms with Crippen molar-refractivity contribution in [3.8, 4) is 17.2 Å². The van der Waals surface area contributed by atoms with Crippen LogP contribution >= 0.6 is 11.3 Å². The van der Waals surface area contributed by atoms with E-state index in [1.165, 1.54) is 25.3 Å². The summed E-state index contributed by atoms with van der Waals surface area (Å²) in [5, 5.41) is 2.85. The third kappa shape index (κ3) is 4.87. The summed E-state index contributed by atoms with van der Waals surface area (Å²) in [7, 11) is 4.59. The Morgan fingerprint density at radius 2 is 1.59 bits per heavy atom. The molecule has 1 fully saturated rings. The molecule has 0 aliphatic carbocycles.